The molecule has 2 aliphatic heterocycles. The maximum absolute atomic E-state index is 13.2. The second-order valence-corrected chi connectivity index (χ2v) is 12.9. The summed E-state index contributed by atoms with van der Waals surface area (Å²) in [5.74, 6) is 0.00673. The Morgan fingerprint density at radius 2 is 1.68 bits per heavy atom. The lowest BCUT2D eigenvalue weighted by Gasteiger charge is -2.33. The number of likely N-dealkylation sites (tertiary alicyclic amines) is 1. The lowest BCUT2D eigenvalue weighted by Crippen LogP contribution is -2.36. The molecule has 2 aromatic rings. The molecule has 0 bridgehead atoms. The summed E-state index contributed by atoms with van der Waals surface area (Å²) < 4.78 is 63.8. The quantitative estimate of drug-likeness (QED) is 0.487. The van der Waals surface area contributed by atoms with Gasteiger partial charge in [0.05, 0.1) is 16.1 Å². The van der Waals surface area contributed by atoms with E-state index in [2.05, 4.69) is 10.3 Å². The Hall–Kier alpha value is -3.48. The van der Waals surface area contributed by atoms with Gasteiger partial charge >= 0.3 is 6.18 Å². The van der Waals surface area contributed by atoms with E-state index in [1.54, 1.807) is 4.90 Å². The zero-order valence-corrected chi connectivity index (χ0v) is 23.7. The van der Waals surface area contributed by atoms with Gasteiger partial charge in [-0.2, -0.15) is 13.2 Å². The molecule has 0 spiro atoms. The fourth-order valence-corrected chi connectivity index (χ4v) is 5.95. The van der Waals surface area contributed by atoms with Crippen molar-refractivity contribution in [3.8, 4) is 0 Å². The van der Waals surface area contributed by atoms with Crippen LogP contribution in [-0.4, -0.2) is 68.3 Å². The predicted octanol–water partition coefficient (Wildman–Crippen LogP) is 4.19. The minimum absolute atomic E-state index is 0.0240. The Kier molecular flexibility index (Phi) is 9.05. The smallest absolute Gasteiger partial charge is 0.355 e. The van der Waals surface area contributed by atoms with Crippen LogP contribution in [0.2, 0.25) is 0 Å². The largest absolute Gasteiger partial charge is 0.416 e. The molecule has 41 heavy (non-hydrogen) atoms. The van der Waals surface area contributed by atoms with Crippen molar-refractivity contribution < 1.29 is 36.0 Å². The minimum Gasteiger partial charge on any atom is -0.355 e. The van der Waals surface area contributed by atoms with Crippen molar-refractivity contribution in [2.45, 2.75) is 50.1 Å². The minimum atomic E-state index is -4.63. The number of aromatic nitrogens is 1. The molecule has 0 radical (unpaired) electrons. The lowest BCUT2D eigenvalue weighted by atomic mass is 9.88. The van der Waals surface area contributed by atoms with Gasteiger partial charge in [-0.15, -0.1) is 0 Å². The van der Waals surface area contributed by atoms with Crippen LogP contribution < -0.4 is 10.2 Å². The summed E-state index contributed by atoms with van der Waals surface area (Å²) in [5.41, 5.74) is -1.14. The third kappa shape index (κ3) is 7.84. The van der Waals surface area contributed by atoms with Crippen LogP contribution in [0.1, 0.15) is 54.9 Å². The van der Waals surface area contributed by atoms with E-state index in [0.29, 0.717) is 57.7 Å². The SMILES string of the molecule is CC(=O)N1CC[C@@H](CC(=O)CC2CCN(c3ncc(S(C)(=O)=O)cc3NC(=O)c3cccc(C(F)(F)F)c3)CC2)C1. The van der Waals surface area contributed by atoms with Crippen molar-refractivity contribution in [1.82, 2.24) is 9.88 Å². The molecule has 0 unspecified atom stereocenters. The fraction of sp³-hybridized carbons (Fsp3) is 0.500. The third-order valence-corrected chi connectivity index (χ3v) is 8.73. The summed E-state index contributed by atoms with van der Waals surface area (Å²) in [4.78, 5) is 45.0. The van der Waals surface area contributed by atoms with Gasteiger partial charge in [0.15, 0.2) is 15.7 Å². The van der Waals surface area contributed by atoms with Gasteiger partial charge in [-0.05, 0) is 55.4 Å². The van der Waals surface area contributed by atoms with Crippen molar-refractivity contribution in [3.63, 3.8) is 0 Å². The molecule has 2 fully saturated rings. The summed E-state index contributed by atoms with van der Waals surface area (Å²) in [5, 5.41) is 2.55. The third-order valence-electron chi connectivity index (χ3n) is 7.65. The van der Waals surface area contributed by atoms with Gasteiger partial charge in [0, 0.05) is 64.0 Å². The molecule has 0 aliphatic carbocycles. The Morgan fingerprint density at radius 1 is 1.02 bits per heavy atom. The summed E-state index contributed by atoms with van der Waals surface area (Å²) in [6, 6.07) is 5.21. The van der Waals surface area contributed by atoms with Gasteiger partial charge in [-0.25, -0.2) is 13.4 Å². The van der Waals surface area contributed by atoms with Gasteiger partial charge in [0.25, 0.3) is 5.91 Å². The van der Waals surface area contributed by atoms with Crippen LogP contribution in [0.3, 0.4) is 0 Å². The van der Waals surface area contributed by atoms with Crippen LogP contribution in [0.25, 0.3) is 0 Å². The highest BCUT2D eigenvalue weighted by Crippen LogP contribution is 2.33. The fourth-order valence-electron chi connectivity index (χ4n) is 5.38. The number of alkyl halides is 3. The topological polar surface area (TPSA) is 117 Å². The number of benzene rings is 1. The summed E-state index contributed by atoms with van der Waals surface area (Å²) >= 11 is 0. The first-order valence-corrected chi connectivity index (χ1v) is 15.3. The van der Waals surface area contributed by atoms with E-state index in [0.717, 1.165) is 30.9 Å². The van der Waals surface area contributed by atoms with Crippen LogP contribution in [0.15, 0.2) is 41.4 Å². The molecule has 1 atom stereocenters. The number of nitrogens with one attached hydrogen (secondary N) is 1. The first-order chi connectivity index (χ1) is 19.2. The number of carbonyl (C=O) groups excluding carboxylic acids is 3. The number of anilines is 2. The van der Waals surface area contributed by atoms with Crippen LogP contribution in [0.5, 0.6) is 0 Å². The van der Waals surface area contributed by atoms with Gasteiger partial charge in [-0.3, -0.25) is 14.4 Å². The molecule has 9 nitrogen and oxygen atoms in total. The molecule has 1 aromatic heterocycles. The number of amides is 2. The number of ketones is 1. The van der Waals surface area contributed by atoms with E-state index < -0.39 is 27.5 Å². The second-order valence-electron chi connectivity index (χ2n) is 10.8. The van der Waals surface area contributed by atoms with Crippen LogP contribution >= 0.6 is 0 Å². The first kappa shape index (κ1) is 30.5. The number of pyridine rings is 1. The molecule has 13 heteroatoms. The number of hydrogen-bond acceptors (Lipinski definition) is 7. The molecule has 2 amide bonds. The highest BCUT2D eigenvalue weighted by atomic mass is 32.2. The number of rotatable bonds is 8. The zero-order valence-electron chi connectivity index (χ0n) is 22.9. The van der Waals surface area contributed by atoms with Crippen molar-refractivity contribution in [1.29, 1.82) is 0 Å². The molecule has 222 valence electrons. The van der Waals surface area contributed by atoms with Gasteiger partial charge in [-0.1, -0.05) is 6.07 Å². The standard InChI is InChI=1S/C28H33F3N4O5S/c1-18(36)35-11-8-20(17-35)13-23(37)12-19-6-9-34(10-7-19)26-25(15-24(16-32-26)41(2,39)40)33-27(38)21-4-3-5-22(14-21)28(29,30)31/h3-5,14-16,19-20H,6-13,17H2,1-2H3,(H,33,38)/t20-/m0/s1. The molecule has 0 saturated carbocycles. The number of nitrogens with zero attached hydrogens (tertiary/aromatic N) is 3. The average molecular weight is 595 g/mol. The van der Waals surface area contributed by atoms with Crippen molar-refractivity contribution >= 4 is 38.9 Å². The highest BCUT2D eigenvalue weighted by molar-refractivity contribution is 7.90. The molecular formula is C28H33F3N4O5S. The number of Topliss-reactive ketones (excluding diaryl/α,β-unsaturated/α-hetero) is 1. The van der Waals surface area contributed by atoms with E-state index in [4.69, 9.17) is 0 Å². The molecule has 3 heterocycles. The second kappa shape index (κ2) is 12.2. The van der Waals surface area contributed by atoms with Gasteiger partial charge < -0.3 is 15.1 Å². The van der Waals surface area contributed by atoms with Crippen LogP contribution in [0, 0.1) is 11.8 Å². The molecule has 4 rings (SSSR count). The summed E-state index contributed by atoms with van der Waals surface area (Å²) in [6.45, 7) is 3.82. The van der Waals surface area contributed by atoms with Crippen molar-refractivity contribution in [2.75, 3.05) is 42.7 Å². The summed E-state index contributed by atoms with van der Waals surface area (Å²) in [7, 11) is -3.68. The molecule has 1 N–H and O–H groups in total. The van der Waals surface area contributed by atoms with E-state index in [9.17, 15) is 36.0 Å². The van der Waals surface area contributed by atoms with E-state index >= 15 is 0 Å². The summed E-state index contributed by atoms with van der Waals surface area (Å²) in [6.07, 6.45) is 0.609. The van der Waals surface area contributed by atoms with Crippen LogP contribution in [0.4, 0.5) is 24.7 Å². The predicted molar refractivity (Wildman–Crippen MR) is 146 cm³/mol. The number of hydrogen-bond donors (Lipinski definition) is 1. The number of carbonyl (C=O) groups is 3. The normalized spacial score (nSPS) is 18.4. The Bertz CT molecular complexity index is 1420. The number of piperidine rings is 1. The lowest BCUT2D eigenvalue weighted by molar-refractivity contribution is -0.137. The van der Waals surface area contributed by atoms with Gasteiger partial charge in [0.2, 0.25) is 5.91 Å². The molecular weight excluding hydrogens is 561 g/mol. The van der Waals surface area contributed by atoms with Crippen LogP contribution in [-0.2, 0) is 25.6 Å². The molecule has 2 saturated heterocycles. The van der Waals surface area contributed by atoms with E-state index in [-0.39, 0.29) is 39.7 Å². The molecule has 2 aliphatic rings. The highest BCUT2D eigenvalue weighted by Gasteiger charge is 2.32. The van der Waals surface area contributed by atoms with Crippen molar-refractivity contribution in [3.05, 3.63) is 47.7 Å². The zero-order chi connectivity index (χ0) is 29.9. The monoisotopic (exact) mass is 594 g/mol. The Balaban J connectivity index is 1.43. The van der Waals surface area contributed by atoms with E-state index in [1.165, 1.54) is 25.3 Å². The van der Waals surface area contributed by atoms with Gasteiger partial charge in [0.1, 0.15) is 5.78 Å². The number of sulfone groups is 1. The van der Waals surface area contributed by atoms with Crippen molar-refractivity contribution in [2.24, 2.45) is 11.8 Å². The Morgan fingerprint density at radius 3 is 2.29 bits per heavy atom. The molecule has 1 aromatic carbocycles. The maximum Gasteiger partial charge on any atom is 0.416 e. The Labute approximate surface area is 237 Å². The maximum atomic E-state index is 13.2. The van der Waals surface area contributed by atoms with E-state index in [1.807, 2.05) is 4.90 Å². The number of halogens is 3. The average Bonchev–Trinajstić information content (AvgIpc) is 3.37. The first-order valence-electron chi connectivity index (χ1n) is 13.4.